The summed E-state index contributed by atoms with van der Waals surface area (Å²) < 4.78 is 1.10. The zero-order valence-corrected chi connectivity index (χ0v) is 20.2. The normalized spacial score (nSPS) is 11.8. The van der Waals surface area contributed by atoms with E-state index >= 15 is 0 Å². The molecule has 0 bridgehead atoms. The van der Waals surface area contributed by atoms with Gasteiger partial charge in [0.05, 0.1) is 5.37 Å². The lowest BCUT2D eigenvalue weighted by atomic mass is 10.0. The van der Waals surface area contributed by atoms with E-state index in [4.69, 9.17) is 0 Å². The third-order valence-electron chi connectivity index (χ3n) is 5.36. The molecule has 0 saturated heterocycles. The summed E-state index contributed by atoms with van der Waals surface area (Å²) in [6.07, 6.45) is 1.02. The number of halogens is 1. The second-order valence-corrected chi connectivity index (χ2v) is 9.71. The Morgan fingerprint density at radius 3 is 1.84 bits per heavy atom. The monoisotopic (exact) mass is 487 g/mol. The Balaban J connectivity index is 1.69. The number of para-hydroxylation sites is 2. The smallest absolute Gasteiger partial charge is 0.0817 e. The van der Waals surface area contributed by atoms with E-state index in [0.717, 1.165) is 10.9 Å². The van der Waals surface area contributed by atoms with E-state index in [0.29, 0.717) is 0 Å². The Morgan fingerprint density at radius 2 is 1.29 bits per heavy atom. The molecule has 1 atom stereocenters. The summed E-state index contributed by atoms with van der Waals surface area (Å²) in [6.45, 7) is 4.52. The summed E-state index contributed by atoms with van der Waals surface area (Å²) in [5.74, 6) is 0. The van der Waals surface area contributed by atoms with Crippen LogP contribution in [0.5, 0.6) is 0 Å². The number of rotatable bonds is 7. The molecule has 156 valence electrons. The standard InChI is InChI=1S/C28H26BrNS/c1-3-22-14-15-24(23-16-18-25(29)19-17-23)20-28(22)31-21(2)30(26-10-6-4-7-11-26)27-12-8-5-9-13-27/h4-21H,3H2,1-2H3. The third kappa shape index (κ3) is 5.23. The average Bonchev–Trinajstić information content (AvgIpc) is 2.81. The summed E-state index contributed by atoms with van der Waals surface area (Å²) in [6, 6.07) is 36.7. The maximum Gasteiger partial charge on any atom is 0.0817 e. The van der Waals surface area contributed by atoms with E-state index in [2.05, 4.69) is 138 Å². The van der Waals surface area contributed by atoms with E-state index < -0.39 is 0 Å². The molecular formula is C28H26BrNS. The van der Waals surface area contributed by atoms with Crippen molar-refractivity contribution < 1.29 is 0 Å². The Kier molecular flexibility index (Phi) is 7.16. The first-order valence-corrected chi connectivity index (χ1v) is 12.3. The van der Waals surface area contributed by atoms with Crippen molar-refractivity contribution in [1.29, 1.82) is 0 Å². The van der Waals surface area contributed by atoms with Crippen LogP contribution in [0.3, 0.4) is 0 Å². The summed E-state index contributed by atoms with van der Waals surface area (Å²) >= 11 is 5.46. The fourth-order valence-electron chi connectivity index (χ4n) is 3.76. The molecule has 4 aromatic rings. The molecule has 0 spiro atoms. The van der Waals surface area contributed by atoms with Gasteiger partial charge in [-0.15, -0.1) is 11.8 Å². The van der Waals surface area contributed by atoms with E-state index in [9.17, 15) is 0 Å². The van der Waals surface area contributed by atoms with E-state index in [1.54, 1.807) is 0 Å². The maximum atomic E-state index is 3.54. The molecule has 0 amide bonds. The molecule has 1 nitrogen and oxygen atoms in total. The van der Waals surface area contributed by atoms with Crippen molar-refractivity contribution >= 4 is 39.1 Å². The number of anilines is 2. The number of aryl methyl sites for hydroxylation is 1. The third-order valence-corrected chi connectivity index (χ3v) is 7.07. The van der Waals surface area contributed by atoms with Crippen LogP contribution in [-0.2, 0) is 6.42 Å². The Hall–Kier alpha value is -2.49. The first-order chi connectivity index (χ1) is 15.2. The number of benzene rings is 4. The molecule has 0 aliphatic heterocycles. The fourth-order valence-corrected chi connectivity index (χ4v) is 5.30. The van der Waals surface area contributed by atoms with Crippen molar-refractivity contribution in [3.05, 3.63) is 113 Å². The molecule has 4 rings (SSSR count). The van der Waals surface area contributed by atoms with E-state index in [1.807, 2.05) is 11.8 Å². The van der Waals surface area contributed by atoms with Crippen LogP contribution in [0.15, 0.2) is 112 Å². The molecule has 4 aromatic carbocycles. The second kappa shape index (κ2) is 10.2. The van der Waals surface area contributed by atoms with Crippen molar-refractivity contribution in [3.8, 4) is 11.1 Å². The highest BCUT2D eigenvalue weighted by Gasteiger charge is 2.19. The molecule has 0 radical (unpaired) electrons. The summed E-state index contributed by atoms with van der Waals surface area (Å²) in [5, 5.41) is 0.232. The Morgan fingerprint density at radius 1 is 0.742 bits per heavy atom. The summed E-state index contributed by atoms with van der Waals surface area (Å²) in [5.41, 5.74) is 6.29. The minimum Gasteiger partial charge on any atom is -0.329 e. The Labute approximate surface area is 198 Å². The highest BCUT2D eigenvalue weighted by Crippen LogP contribution is 2.38. The first kappa shape index (κ1) is 21.7. The van der Waals surface area contributed by atoms with Gasteiger partial charge in [0.15, 0.2) is 0 Å². The van der Waals surface area contributed by atoms with Crippen LogP contribution in [0.1, 0.15) is 19.4 Å². The number of thioether (sulfide) groups is 1. The van der Waals surface area contributed by atoms with Crippen molar-refractivity contribution in [3.63, 3.8) is 0 Å². The minimum absolute atomic E-state index is 0.232. The molecule has 0 aliphatic carbocycles. The molecule has 31 heavy (non-hydrogen) atoms. The predicted molar refractivity (Wildman–Crippen MR) is 139 cm³/mol. The van der Waals surface area contributed by atoms with Gasteiger partial charge >= 0.3 is 0 Å². The van der Waals surface area contributed by atoms with Gasteiger partial charge in [-0.25, -0.2) is 0 Å². The number of nitrogens with zero attached hydrogens (tertiary/aromatic N) is 1. The van der Waals surface area contributed by atoms with Crippen molar-refractivity contribution in [1.82, 2.24) is 0 Å². The van der Waals surface area contributed by atoms with Crippen molar-refractivity contribution in [2.75, 3.05) is 4.90 Å². The van der Waals surface area contributed by atoms with Crippen LogP contribution >= 0.6 is 27.7 Å². The maximum absolute atomic E-state index is 3.54. The Bertz CT molecular complexity index is 1070. The molecule has 0 saturated carbocycles. The highest BCUT2D eigenvalue weighted by molar-refractivity contribution is 9.10. The quantitative estimate of drug-likeness (QED) is 0.189. The largest absolute Gasteiger partial charge is 0.329 e. The lowest BCUT2D eigenvalue weighted by Crippen LogP contribution is -2.25. The van der Waals surface area contributed by atoms with Crippen molar-refractivity contribution in [2.45, 2.75) is 30.5 Å². The molecule has 0 N–H and O–H groups in total. The van der Waals surface area contributed by atoms with Gasteiger partial charge in [-0.1, -0.05) is 83.5 Å². The molecule has 0 fully saturated rings. The van der Waals surface area contributed by atoms with Gasteiger partial charge in [0, 0.05) is 20.7 Å². The molecular weight excluding hydrogens is 462 g/mol. The van der Waals surface area contributed by atoms with Gasteiger partial charge in [0.2, 0.25) is 0 Å². The molecule has 0 heterocycles. The molecule has 1 unspecified atom stereocenters. The van der Waals surface area contributed by atoms with Gasteiger partial charge < -0.3 is 4.90 Å². The average molecular weight is 488 g/mol. The first-order valence-electron chi connectivity index (χ1n) is 10.6. The highest BCUT2D eigenvalue weighted by atomic mass is 79.9. The zero-order chi connectivity index (χ0) is 21.6. The van der Waals surface area contributed by atoms with Crippen LogP contribution in [0.2, 0.25) is 0 Å². The molecule has 0 aliphatic rings. The van der Waals surface area contributed by atoms with Crippen LogP contribution in [-0.4, -0.2) is 5.37 Å². The predicted octanol–water partition coefficient (Wildman–Crippen LogP) is 8.95. The van der Waals surface area contributed by atoms with E-state index in [-0.39, 0.29) is 5.37 Å². The SMILES string of the molecule is CCc1ccc(-c2ccc(Br)cc2)cc1SC(C)N(c1ccccc1)c1ccccc1. The fraction of sp³-hybridized carbons (Fsp3) is 0.143. The van der Waals surface area contributed by atoms with Gasteiger partial charge in [0.25, 0.3) is 0 Å². The van der Waals surface area contributed by atoms with Gasteiger partial charge in [0.1, 0.15) is 0 Å². The topological polar surface area (TPSA) is 3.24 Å². The number of hydrogen-bond donors (Lipinski definition) is 0. The van der Waals surface area contributed by atoms with Gasteiger partial charge in [-0.2, -0.15) is 0 Å². The molecule has 3 heteroatoms. The van der Waals surface area contributed by atoms with Crippen LogP contribution < -0.4 is 4.90 Å². The lowest BCUT2D eigenvalue weighted by molar-refractivity contribution is 0.953. The second-order valence-electron chi connectivity index (χ2n) is 7.44. The minimum atomic E-state index is 0.232. The summed E-state index contributed by atoms with van der Waals surface area (Å²) in [7, 11) is 0. The van der Waals surface area contributed by atoms with E-state index in [1.165, 1.54) is 33.0 Å². The molecule has 0 aromatic heterocycles. The van der Waals surface area contributed by atoms with Crippen LogP contribution in [0.4, 0.5) is 11.4 Å². The number of hydrogen-bond acceptors (Lipinski definition) is 2. The van der Waals surface area contributed by atoms with Gasteiger partial charge in [-0.3, -0.25) is 0 Å². The summed E-state index contributed by atoms with van der Waals surface area (Å²) in [4.78, 5) is 3.75. The van der Waals surface area contributed by atoms with Crippen molar-refractivity contribution in [2.24, 2.45) is 0 Å². The lowest BCUT2D eigenvalue weighted by Gasteiger charge is -2.31. The van der Waals surface area contributed by atoms with Gasteiger partial charge in [-0.05, 0) is 72.5 Å². The van der Waals surface area contributed by atoms with Crippen LogP contribution in [0.25, 0.3) is 11.1 Å². The zero-order valence-electron chi connectivity index (χ0n) is 17.8. The van der Waals surface area contributed by atoms with Crippen LogP contribution in [0, 0.1) is 0 Å².